The number of rotatable bonds is 0. The summed E-state index contributed by atoms with van der Waals surface area (Å²) in [6.07, 6.45) is 0. The average Bonchev–Trinajstić information content (AvgIpc) is 2.68. The van der Waals surface area contributed by atoms with Crippen molar-refractivity contribution in [1.29, 1.82) is 0 Å². The second-order valence-electron chi connectivity index (χ2n) is 3.97. The maximum absolute atomic E-state index is 12.2. The molecule has 3 N–H and O–H groups in total. The zero-order valence-electron chi connectivity index (χ0n) is 9.07. The van der Waals surface area contributed by atoms with Crippen LogP contribution >= 0.6 is 0 Å². The lowest BCUT2D eigenvalue weighted by atomic mass is 9.89. The molecule has 0 saturated heterocycles. The Morgan fingerprint density at radius 2 is 2.00 bits per heavy atom. The van der Waals surface area contributed by atoms with Crippen LogP contribution < -0.4 is 5.73 Å². The first-order chi connectivity index (χ1) is 8.09. The number of hydrogen-bond acceptors (Lipinski definition) is 4. The van der Waals surface area contributed by atoms with E-state index in [2.05, 4.69) is 9.97 Å². The van der Waals surface area contributed by atoms with Gasteiger partial charge in [-0.3, -0.25) is 9.59 Å². The van der Waals surface area contributed by atoms with Crippen LogP contribution in [0.3, 0.4) is 0 Å². The van der Waals surface area contributed by atoms with Gasteiger partial charge in [0, 0.05) is 11.3 Å². The fourth-order valence-corrected chi connectivity index (χ4v) is 2.09. The fourth-order valence-electron chi connectivity index (χ4n) is 2.09. The number of aromatic nitrogens is 2. The highest BCUT2D eigenvalue weighted by Gasteiger charge is 2.33. The smallest absolute Gasteiger partial charge is 0.216 e. The molecule has 1 aliphatic carbocycles. The van der Waals surface area contributed by atoms with Crippen LogP contribution in [0.4, 0.5) is 5.69 Å². The number of ketones is 2. The lowest BCUT2D eigenvalue weighted by Crippen LogP contribution is -2.22. The Bertz CT molecular complexity index is 670. The maximum Gasteiger partial charge on any atom is 0.216 e. The third-order valence-electron chi connectivity index (χ3n) is 2.83. The van der Waals surface area contributed by atoms with Crippen LogP contribution in [-0.2, 0) is 0 Å². The molecule has 0 unspecified atom stereocenters. The summed E-state index contributed by atoms with van der Waals surface area (Å²) in [5.41, 5.74) is 7.08. The summed E-state index contributed by atoms with van der Waals surface area (Å²) in [6, 6.07) is 4.87. The summed E-state index contributed by atoms with van der Waals surface area (Å²) >= 11 is 0. The molecule has 3 rings (SSSR count). The Labute approximate surface area is 96.7 Å². The molecule has 1 heterocycles. The number of imidazole rings is 1. The molecule has 0 amide bonds. The Hall–Kier alpha value is -2.43. The number of aryl methyl sites for hydroxylation is 1. The monoisotopic (exact) mass is 227 g/mol. The quantitative estimate of drug-likeness (QED) is 0.562. The highest BCUT2D eigenvalue weighted by Crippen LogP contribution is 2.29. The van der Waals surface area contributed by atoms with E-state index in [1.807, 2.05) is 0 Å². The van der Waals surface area contributed by atoms with Crippen LogP contribution in [0, 0.1) is 6.92 Å². The molecule has 84 valence electrons. The van der Waals surface area contributed by atoms with Gasteiger partial charge in [0.05, 0.1) is 5.56 Å². The zero-order valence-corrected chi connectivity index (χ0v) is 9.07. The van der Waals surface area contributed by atoms with E-state index < -0.39 is 0 Å². The van der Waals surface area contributed by atoms with E-state index in [9.17, 15) is 9.59 Å². The molecular weight excluding hydrogens is 218 g/mol. The number of aromatic amines is 1. The summed E-state index contributed by atoms with van der Waals surface area (Å²) in [4.78, 5) is 31.2. The Morgan fingerprint density at radius 3 is 2.76 bits per heavy atom. The van der Waals surface area contributed by atoms with Crippen molar-refractivity contribution >= 4 is 17.3 Å². The topological polar surface area (TPSA) is 88.8 Å². The molecule has 0 radical (unpaired) electrons. The van der Waals surface area contributed by atoms with Gasteiger partial charge < -0.3 is 10.7 Å². The third-order valence-corrected chi connectivity index (χ3v) is 2.83. The molecule has 0 fully saturated rings. The van der Waals surface area contributed by atoms with Gasteiger partial charge in [0.2, 0.25) is 11.6 Å². The molecule has 1 aromatic heterocycles. The molecule has 1 aliphatic rings. The van der Waals surface area contributed by atoms with Gasteiger partial charge in [-0.2, -0.15) is 0 Å². The number of nitrogens with two attached hydrogens (primary N) is 1. The zero-order chi connectivity index (χ0) is 12.2. The van der Waals surface area contributed by atoms with Crippen LogP contribution in [0.15, 0.2) is 18.2 Å². The first-order valence-corrected chi connectivity index (χ1v) is 5.14. The van der Waals surface area contributed by atoms with Crippen LogP contribution in [0.1, 0.15) is 37.9 Å². The van der Waals surface area contributed by atoms with Gasteiger partial charge in [0.15, 0.2) is 0 Å². The molecule has 0 atom stereocenters. The minimum atomic E-state index is -0.294. The number of nitrogens with one attached hydrogen (secondary N) is 1. The lowest BCUT2D eigenvalue weighted by Gasteiger charge is -2.14. The number of nitrogens with zero attached hydrogens (tertiary/aromatic N) is 1. The summed E-state index contributed by atoms with van der Waals surface area (Å²) in [5.74, 6) is 0.0163. The van der Waals surface area contributed by atoms with Gasteiger partial charge in [0.1, 0.15) is 17.2 Å². The van der Waals surface area contributed by atoms with Gasteiger partial charge in [-0.05, 0) is 13.0 Å². The molecule has 0 bridgehead atoms. The number of carbonyl (C=O) groups is 2. The summed E-state index contributed by atoms with van der Waals surface area (Å²) in [6.45, 7) is 1.70. The minimum Gasteiger partial charge on any atom is -0.398 e. The summed E-state index contributed by atoms with van der Waals surface area (Å²) in [7, 11) is 0. The number of fused-ring (bicyclic) bond motifs is 2. The van der Waals surface area contributed by atoms with E-state index in [0.717, 1.165) is 0 Å². The molecule has 1 aromatic carbocycles. The number of carbonyl (C=O) groups excluding carboxylic acids is 2. The van der Waals surface area contributed by atoms with Crippen molar-refractivity contribution in [3.05, 3.63) is 46.5 Å². The Kier molecular flexibility index (Phi) is 1.75. The van der Waals surface area contributed by atoms with Crippen molar-refractivity contribution < 1.29 is 9.59 Å². The van der Waals surface area contributed by atoms with Crippen molar-refractivity contribution in [2.75, 3.05) is 5.73 Å². The molecule has 0 aliphatic heterocycles. The van der Waals surface area contributed by atoms with Gasteiger partial charge in [-0.25, -0.2) is 4.98 Å². The highest BCUT2D eigenvalue weighted by molar-refractivity contribution is 6.28. The van der Waals surface area contributed by atoms with E-state index >= 15 is 0 Å². The standard InChI is InChI=1S/C12H9N3O2/c1-5-14-9-10(15-5)12(17)8-6(11(9)16)3-2-4-7(8)13/h2-4H,13H2,1H3,(H,14,15). The van der Waals surface area contributed by atoms with Crippen molar-refractivity contribution in [2.45, 2.75) is 6.92 Å². The molecule has 0 spiro atoms. The first kappa shape index (κ1) is 9.77. The van der Waals surface area contributed by atoms with Crippen molar-refractivity contribution in [3.63, 3.8) is 0 Å². The fraction of sp³-hybridized carbons (Fsp3) is 0.0833. The lowest BCUT2D eigenvalue weighted by molar-refractivity contribution is 0.0975. The van der Waals surface area contributed by atoms with E-state index in [4.69, 9.17) is 5.73 Å². The predicted octanol–water partition coefficient (Wildman–Crippen LogP) is 1.08. The SMILES string of the molecule is Cc1nc2c([nH]1)C(=O)c1cccc(N)c1C2=O. The van der Waals surface area contributed by atoms with E-state index in [0.29, 0.717) is 17.1 Å². The van der Waals surface area contributed by atoms with Gasteiger partial charge in [-0.15, -0.1) is 0 Å². The van der Waals surface area contributed by atoms with Crippen LogP contribution in [0.5, 0.6) is 0 Å². The number of hydrogen-bond donors (Lipinski definition) is 2. The normalized spacial score (nSPS) is 13.5. The number of nitrogen functional groups attached to an aromatic ring is 1. The largest absolute Gasteiger partial charge is 0.398 e. The van der Waals surface area contributed by atoms with Crippen molar-refractivity contribution in [3.8, 4) is 0 Å². The molecule has 2 aromatic rings. The second kappa shape index (κ2) is 3.04. The Morgan fingerprint density at radius 1 is 1.24 bits per heavy atom. The second-order valence-corrected chi connectivity index (χ2v) is 3.97. The molecule has 5 nitrogen and oxygen atoms in total. The third kappa shape index (κ3) is 1.16. The minimum absolute atomic E-state index is 0.165. The summed E-state index contributed by atoms with van der Waals surface area (Å²) in [5, 5.41) is 0. The first-order valence-electron chi connectivity index (χ1n) is 5.14. The predicted molar refractivity (Wildman–Crippen MR) is 61.0 cm³/mol. The van der Waals surface area contributed by atoms with Gasteiger partial charge in [-0.1, -0.05) is 12.1 Å². The molecule has 5 heteroatoms. The number of H-pyrrole nitrogens is 1. The average molecular weight is 227 g/mol. The molecular formula is C12H9N3O2. The molecule has 17 heavy (non-hydrogen) atoms. The summed E-state index contributed by atoms with van der Waals surface area (Å²) < 4.78 is 0. The molecule has 0 saturated carbocycles. The van der Waals surface area contributed by atoms with Crippen molar-refractivity contribution in [2.24, 2.45) is 0 Å². The van der Waals surface area contributed by atoms with Crippen molar-refractivity contribution in [1.82, 2.24) is 9.97 Å². The van der Waals surface area contributed by atoms with Crippen LogP contribution in [-0.4, -0.2) is 21.5 Å². The van der Waals surface area contributed by atoms with Crippen LogP contribution in [0.25, 0.3) is 0 Å². The maximum atomic E-state index is 12.2. The van der Waals surface area contributed by atoms with Gasteiger partial charge in [0.25, 0.3) is 0 Å². The van der Waals surface area contributed by atoms with E-state index in [1.165, 1.54) is 0 Å². The Balaban J connectivity index is 2.36. The number of benzene rings is 1. The van der Waals surface area contributed by atoms with E-state index in [1.54, 1.807) is 25.1 Å². The highest BCUT2D eigenvalue weighted by atomic mass is 16.1. The van der Waals surface area contributed by atoms with E-state index in [-0.39, 0.29) is 28.5 Å². The number of anilines is 1. The van der Waals surface area contributed by atoms with Gasteiger partial charge >= 0.3 is 0 Å². The van der Waals surface area contributed by atoms with Crippen LogP contribution in [0.2, 0.25) is 0 Å².